The fourth-order valence-corrected chi connectivity index (χ4v) is 1.93. The maximum atomic E-state index is 11.6. The van der Waals surface area contributed by atoms with Crippen LogP contribution in [0.2, 0.25) is 0 Å². The van der Waals surface area contributed by atoms with E-state index in [0.717, 1.165) is 17.7 Å². The molecule has 1 N–H and O–H groups in total. The van der Waals surface area contributed by atoms with Gasteiger partial charge < -0.3 is 5.32 Å². The molecule has 0 spiro atoms. The monoisotopic (exact) mass is 381 g/mol. The molecule has 0 radical (unpaired) electrons. The largest absolute Gasteiger partial charge is 0.325 e. The van der Waals surface area contributed by atoms with E-state index >= 15 is 0 Å². The van der Waals surface area contributed by atoms with E-state index in [2.05, 4.69) is 43.8 Å². The zero-order valence-corrected chi connectivity index (χ0v) is 12.4. The highest BCUT2D eigenvalue weighted by molar-refractivity contribution is 14.1. The normalized spacial score (nSPS) is 12.3. The molecule has 0 saturated carbocycles. The van der Waals surface area contributed by atoms with Gasteiger partial charge in [-0.3, -0.25) is 4.79 Å². The first-order chi connectivity index (χ1) is 7.04. The second-order valence-corrected chi connectivity index (χ2v) is 5.68. The molecule has 4 heteroatoms. The number of carbonyl (C=O) groups is 1. The Morgan fingerprint density at radius 3 is 2.80 bits per heavy atom. The van der Waals surface area contributed by atoms with Gasteiger partial charge in [0.05, 0.1) is 4.83 Å². The molecule has 1 rings (SSSR count). The van der Waals surface area contributed by atoms with Crippen LogP contribution in [0.1, 0.15) is 18.9 Å². The predicted molar refractivity (Wildman–Crippen MR) is 75.5 cm³/mol. The Morgan fingerprint density at radius 2 is 2.27 bits per heavy atom. The highest BCUT2D eigenvalue weighted by Gasteiger charge is 2.12. The van der Waals surface area contributed by atoms with Gasteiger partial charge in [0.2, 0.25) is 5.91 Å². The molecule has 0 aromatic heterocycles. The van der Waals surface area contributed by atoms with Crippen molar-refractivity contribution in [3.8, 4) is 0 Å². The van der Waals surface area contributed by atoms with Gasteiger partial charge in [0.15, 0.2) is 0 Å². The number of amides is 1. The number of aryl methyl sites for hydroxylation is 1. The summed E-state index contributed by atoms with van der Waals surface area (Å²) in [6.45, 7) is 3.97. The van der Waals surface area contributed by atoms with Crippen LogP contribution in [0.25, 0.3) is 0 Å². The van der Waals surface area contributed by atoms with Gasteiger partial charge in [0.25, 0.3) is 0 Å². The fourth-order valence-electron chi connectivity index (χ4n) is 1.16. The summed E-state index contributed by atoms with van der Waals surface area (Å²) in [6.07, 6.45) is 0.787. The zero-order valence-electron chi connectivity index (χ0n) is 8.68. The van der Waals surface area contributed by atoms with Crippen LogP contribution in [0.5, 0.6) is 0 Å². The lowest BCUT2D eigenvalue weighted by molar-refractivity contribution is -0.115. The molecule has 0 bridgehead atoms. The van der Waals surface area contributed by atoms with Crippen molar-refractivity contribution in [1.82, 2.24) is 0 Å². The van der Waals surface area contributed by atoms with Gasteiger partial charge in [-0.2, -0.15) is 0 Å². The quantitative estimate of drug-likeness (QED) is 0.627. The minimum absolute atomic E-state index is 0.0156. The Hall–Kier alpha value is -0.100. The summed E-state index contributed by atoms with van der Waals surface area (Å²) >= 11 is 5.58. The van der Waals surface area contributed by atoms with Gasteiger partial charge in [-0.1, -0.05) is 22.9 Å². The van der Waals surface area contributed by atoms with E-state index in [4.69, 9.17) is 0 Å². The maximum absolute atomic E-state index is 11.6. The smallest absolute Gasteiger partial charge is 0.238 e. The van der Waals surface area contributed by atoms with E-state index in [9.17, 15) is 4.79 Å². The Labute approximate surface area is 112 Å². The lowest BCUT2D eigenvalue weighted by Gasteiger charge is -2.11. The molecule has 0 saturated heterocycles. The molecule has 0 aliphatic heterocycles. The lowest BCUT2D eigenvalue weighted by atomic mass is 10.2. The van der Waals surface area contributed by atoms with Crippen molar-refractivity contribution in [2.24, 2.45) is 0 Å². The highest BCUT2D eigenvalue weighted by atomic mass is 127. The summed E-state index contributed by atoms with van der Waals surface area (Å²) in [7, 11) is 0. The van der Waals surface area contributed by atoms with E-state index in [1.807, 2.05) is 32.0 Å². The van der Waals surface area contributed by atoms with Crippen LogP contribution in [0, 0.1) is 10.5 Å². The van der Waals surface area contributed by atoms with E-state index < -0.39 is 0 Å². The molecule has 1 unspecified atom stereocenters. The summed E-state index contributed by atoms with van der Waals surface area (Å²) in [5, 5.41) is 2.90. The number of rotatable bonds is 3. The van der Waals surface area contributed by atoms with Gasteiger partial charge in [-0.15, -0.1) is 0 Å². The molecule has 0 aliphatic rings. The van der Waals surface area contributed by atoms with Crippen LogP contribution in [0.3, 0.4) is 0 Å². The first-order valence-electron chi connectivity index (χ1n) is 4.75. The van der Waals surface area contributed by atoms with Gasteiger partial charge in [0.1, 0.15) is 0 Å². The Balaban J connectivity index is 2.77. The topological polar surface area (TPSA) is 29.1 Å². The molecule has 2 nitrogen and oxygen atoms in total. The molecule has 1 amide bonds. The van der Waals surface area contributed by atoms with Gasteiger partial charge in [0, 0.05) is 9.26 Å². The second kappa shape index (κ2) is 5.84. The van der Waals surface area contributed by atoms with E-state index in [0.29, 0.717) is 0 Å². The molecular weight excluding hydrogens is 369 g/mol. The van der Waals surface area contributed by atoms with E-state index in [1.54, 1.807) is 0 Å². The molecule has 15 heavy (non-hydrogen) atoms. The van der Waals surface area contributed by atoms with Gasteiger partial charge >= 0.3 is 0 Å². The number of hydrogen-bond acceptors (Lipinski definition) is 1. The van der Waals surface area contributed by atoms with E-state index in [1.165, 1.54) is 3.57 Å². The summed E-state index contributed by atoms with van der Waals surface area (Å²) in [4.78, 5) is 11.5. The number of benzene rings is 1. The van der Waals surface area contributed by atoms with Crippen molar-refractivity contribution in [3.63, 3.8) is 0 Å². The van der Waals surface area contributed by atoms with Crippen molar-refractivity contribution < 1.29 is 4.79 Å². The number of anilines is 1. The number of nitrogens with one attached hydrogen (secondary N) is 1. The SMILES string of the molecule is CCC(Br)C(=O)Nc1ccc(I)cc1C. The first kappa shape index (κ1) is 13.0. The molecular formula is C11H13BrINO. The van der Waals surface area contributed by atoms with E-state index in [-0.39, 0.29) is 10.7 Å². The number of alkyl halides is 1. The van der Waals surface area contributed by atoms with Crippen molar-refractivity contribution in [2.75, 3.05) is 5.32 Å². The highest BCUT2D eigenvalue weighted by Crippen LogP contribution is 2.19. The van der Waals surface area contributed by atoms with Gasteiger partial charge in [-0.25, -0.2) is 0 Å². The number of carbonyl (C=O) groups excluding carboxylic acids is 1. The van der Waals surface area contributed by atoms with Crippen LogP contribution in [0.4, 0.5) is 5.69 Å². The summed E-state index contributed by atoms with van der Waals surface area (Å²) in [6, 6.07) is 5.97. The summed E-state index contributed by atoms with van der Waals surface area (Å²) in [5.74, 6) is 0.0156. The minimum atomic E-state index is -0.115. The van der Waals surface area contributed by atoms with Crippen LogP contribution in [-0.4, -0.2) is 10.7 Å². The molecule has 1 aromatic rings. The Morgan fingerprint density at radius 1 is 1.60 bits per heavy atom. The fraction of sp³-hybridized carbons (Fsp3) is 0.364. The predicted octanol–water partition coefficient (Wildman–Crippen LogP) is 3.71. The van der Waals surface area contributed by atoms with Crippen molar-refractivity contribution in [3.05, 3.63) is 27.3 Å². The third-order valence-corrected chi connectivity index (χ3v) is 3.82. The van der Waals surface area contributed by atoms with Crippen molar-refractivity contribution >= 4 is 50.1 Å². The Kier molecular flexibility index (Phi) is 5.05. The first-order valence-corrected chi connectivity index (χ1v) is 6.75. The standard InChI is InChI=1S/C11H13BrINO/c1-3-9(12)11(15)14-10-5-4-8(13)6-7(10)2/h4-6,9H,3H2,1-2H3,(H,14,15). The summed E-state index contributed by atoms with van der Waals surface area (Å²) < 4.78 is 1.17. The molecule has 0 fully saturated rings. The lowest BCUT2D eigenvalue weighted by Crippen LogP contribution is -2.22. The second-order valence-electron chi connectivity index (χ2n) is 3.32. The minimum Gasteiger partial charge on any atom is -0.325 e. The van der Waals surface area contributed by atoms with Crippen LogP contribution in [0.15, 0.2) is 18.2 Å². The average molecular weight is 382 g/mol. The molecule has 1 aromatic carbocycles. The van der Waals surface area contributed by atoms with Crippen LogP contribution in [-0.2, 0) is 4.79 Å². The third kappa shape index (κ3) is 3.75. The molecule has 0 heterocycles. The van der Waals surface area contributed by atoms with Gasteiger partial charge in [-0.05, 0) is 59.7 Å². The van der Waals surface area contributed by atoms with Crippen LogP contribution >= 0.6 is 38.5 Å². The third-order valence-electron chi connectivity index (χ3n) is 2.09. The number of hydrogen-bond donors (Lipinski definition) is 1. The maximum Gasteiger partial charge on any atom is 0.238 e. The molecule has 1 atom stereocenters. The Bertz CT molecular complexity index is 368. The molecule has 0 aliphatic carbocycles. The zero-order chi connectivity index (χ0) is 11.4. The van der Waals surface area contributed by atoms with Crippen molar-refractivity contribution in [1.29, 1.82) is 0 Å². The van der Waals surface area contributed by atoms with Crippen LogP contribution < -0.4 is 5.32 Å². The average Bonchev–Trinajstić information content (AvgIpc) is 2.20. The van der Waals surface area contributed by atoms with Crippen molar-refractivity contribution in [2.45, 2.75) is 25.1 Å². The number of halogens is 2. The molecule has 82 valence electrons. The summed E-state index contributed by atoms with van der Waals surface area (Å²) in [5.41, 5.74) is 1.98.